The third-order valence-corrected chi connectivity index (χ3v) is 5.01. The zero-order valence-corrected chi connectivity index (χ0v) is 13.7. The zero-order valence-electron chi connectivity index (χ0n) is 12.1. The number of thiophene rings is 1. The number of fused-ring (bicyclic) bond motifs is 1. The lowest BCUT2D eigenvalue weighted by atomic mass is 10.3. The molecule has 0 fully saturated rings. The van der Waals surface area contributed by atoms with Crippen LogP contribution in [0.3, 0.4) is 0 Å². The molecular formula is C16H15N3OS2. The van der Waals surface area contributed by atoms with Crippen molar-refractivity contribution in [1.82, 2.24) is 9.97 Å². The number of hydrogen-bond donors (Lipinski definition) is 1. The predicted molar refractivity (Wildman–Crippen MR) is 92.6 cm³/mol. The van der Waals surface area contributed by atoms with Crippen LogP contribution in [0, 0.1) is 6.92 Å². The Balaban J connectivity index is 1.57. The molecule has 1 N–H and O–H groups in total. The number of nitrogens with zero attached hydrogens (tertiary/aromatic N) is 2. The van der Waals surface area contributed by atoms with Crippen molar-refractivity contribution in [2.45, 2.75) is 18.4 Å². The molecular weight excluding hydrogens is 314 g/mol. The van der Waals surface area contributed by atoms with E-state index in [0.717, 1.165) is 20.9 Å². The molecule has 2 aromatic heterocycles. The van der Waals surface area contributed by atoms with Crippen LogP contribution in [-0.4, -0.2) is 21.6 Å². The van der Waals surface area contributed by atoms with Crippen LogP contribution in [0.15, 0.2) is 47.8 Å². The lowest BCUT2D eigenvalue weighted by Crippen LogP contribution is -2.11. The Labute approximate surface area is 137 Å². The highest BCUT2D eigenvalue weighted by Gasteiger charge is 2.09. The summed E-state index contributed by atoms with van der Waals surface area (Å²) in [6.07, 6.45) is 2.04. The number of benzene rings is 1. The Bertz CT molecular complexity index is 786. The lowest BCUT2D eigenvalue weighted by molar-refractivity contribution is -0.115. The summed E-state index contributed by atoms with van der Waals surface area (Å²) < 4.78 is 0. The minimum absolute atomic E-state index is 0.0190. The first-order valence-corrected chi connectivity index (χ1v) is 8.71. The number of carbonyl (C=O) groups is 1. The van der Waals surface area contributed by atoms with E-state index in [9.17, 15) is 4.79 Å². The van der Waals surface area contributed by atoms with E-state index in [0.29, 0.717) is 12.2 Å². The van der Waals surface area contributed by atoms with Crippen LogP contribution in [0.5, 0.6) is 0 Å². The molecule has 0 spiro atoms. The fraction of sp³-hybridized carbons (Fsp3) is 0.188. The molecule has 0 aliphatic carbocycles. The van der Waals surface area contributed by atoms with E-state index in [1.54, 1.807) is 29.4 Å². The maximum Gasteiger partial charge on any atom is 0.225 e. The van der Waals surface area contributed by atoms with Gasteiger partial charge in [-0.1, -0.05) is 18.2 Å². The summed E-state index contributed by atoms with van der Waals surface area (Å²) >= 11 is 3.26. The van der Waals surface area contributed by atoms with E-state index >= 15 is 0 Å². The van der Waals surface area contributed by atoms with Crippen LogP contribution >= 0.6 is 23.1 Å². The van der Waals surface area contributed by atoms with Gasteiger partial charge < -0.3 is 5.32 Å². The molecule has 4 nitrogen and oxygen atoms in total. The van der Waals surface area contributed by atoms with Crippen LogP contribution in [0.25, 0.3) is 10.2 Å². The monoisotopic (exact) mass is 329 g/mol. The summed E-state index contributed by atoms with van der Waals surface area (Å²) in [5.74, 6) is 0.713. The van der Waals surface area contributed by atoms with Gasteiger partial charge in [-0.25, -0.2) is 9.97 Å². The topological polar surface area (TPSA) is 54.9 Å². The molecule has 0 atom stereocenters. The first kappa shape index (κ1) is 15.0. The molecule has 0 saturated heterocycles. The Morgan fingerprint density at radius 2 is 2.09 bits per heavy atom. The Morgan fingerprint density at radius 1 is 1.27 bits per heavy atom. The summed E-state index contributed by atoms with van der Waals surface area (Å²) in [6.45, 7) is 2.06. The molecule has 3 rings (SSSR count). The third kappa shape index (κ3) is 3.64. The quantitative estimate of drug-likeness (QED) is 0.565. The lowest BCUT2D eigenvalue weighted by Gasteiger charge is -2.05. The van der Waals surface area contributed by atoms with E-state index in [1.165, 1.54) is 4.88 Å². The minimum atomic E-state index is 0.0190. The SMILES string of the molecule is Cc1cc2c(SCCC(=O)Nc3ccccc3)ncnc2s1. The number of thioether (sulfide) groups is 1. The van der Waals surface area contributed by atoms with Crippen molar-refractivity contribution in [2.24, 2.45) is 0 Å². The van der Waals surface area contributed by atoms with Crippen LogP contribution in [0.1, 0.15) is 11.3 Å². The van der Waals surface area contributed by atoms with Gasteiger partial charge in [-0.15, -0.1) is 23.1 Å². The molecule has 0 radical (unpaired) electrons. The van der Waals surface area contributed by atoms with Gasteiger partial charge in [0.05, 0.1) is 0 Å². The van der Waals surface area contributed by atoms with Gasteiger partial charge in [0.1, 0.15) is 16.2 Å². The largest absolute Gasteiger partial charge is 0.326 e. The molecule has 1 aromatic carbocycles. The molecule has 22 heavy (non-hydrogen) atoms. The molecule has 2 heterocycles. The van der Waals surface area contributed by atoms with Gasteiger partial charge in [-0.2, -0.15) is 0 Å². The predicted octanol–water partition coefficient (Wildman–Crippen LogP) is 4.12. The number of anilines is 1. The van der Waals surface area contributed by atoms with Crippen LogP contribution < -0.4 is 5.32 Å². The van der Waals surface area contributed by atoms with Gasteiger partial charge in [0.2, 0.25) is 5.91 Å². The highest BCUT2D eigenvalue weighted by atomic mass is 32.2. The Hall–Kier alpha value is -1.92. The molecule has 1 amide bonds. The molecule has 0 unspecified atom stereocenters. The first-order chi connectivity index (χ1) is 10.7. The molecule has 0 aliphatic rings. The fourth-order valence-corrected chi connectivity index (χ4v) is 3.88. The van der Waals surface area contributed by atoms with Crippen molar-refractivity contribution in [2.75, 3.05) is 11.1 Å². The van der Waals surface area contributed by atoms with E-state index in [1.807, 2.05) is 30.3 Å². The smallest absolute Gasteiger partial charge is 0.225 e. The first-order valence-electron chi connectivity index (χ1n) is 6.91. The summed E-state index contributed by atoms with van der Waals surface area (Å²) in [5, 5.41) is 4.91. The van der Waals surface area contributed by atoms with Crippen LogP contribution in [0.2, 0.25) is 0 Å². The van der Waals surface area contributed by atoms with Gasteiger partial charge in [0.25, 0.3) is 0 Å². The van der Waals surface area contributed by atoms with Gasteiger partial charge in [-0.3, -0.25) is 4.79 Å². The minimum Gasteiger partial charge on any atom is -0.326 e. The second kappa shape index (κ2) is 6.89. The average molecular weight is 329 g/mol. The van der Waals surface area contributed by atoms with Crippen molar-refractivity contribution >= 4 is 44.9 Å². The molecule has 112 valence electrons. The Kier molecular flexibility index (Phi) is 4.70. The third-order valence-electron chi connectivity index (χ3n) is 3.04. The van der Waals surface area contributed by atoms with Crippen molar-refractivity contribution < 1.29 is 4.79 Å². The number of amides is 1. The van der Waals surface area contributed by atoms with E-state index in [2.05, 4.69) is 28.3 Å². The Morgan fingerprint density at radius 3 is 2.91 bits per heavy atom. The molecule has 3 aromatic rings. The zero-order chi connectivity index (χ0) is 15.4. The van der Waals surface area contributed by atoms with Gasteiger partial charge in [-0.05, 0) is 25.1 Å². The maximum absolute atomic E-state index is 11.9. The van der Waals surface area contributed by atoms with Crippen molar-refractivity contribution in [3.63, 3.8) is 0 Å². The molecule has 6 heteroatoms. The standard InChI is InChI=1S/C16H15N3OS2/c1-11-9-13-15(17-10-18-16(13)22-11)21-8-7-14(20)19-12-5-3-2-4-6-12/h2-6,9-10H,7-8H2,1H3,(H,19,20). The van der Waals surface area contributed by atoms with Crippen molar-refractivity contribution in [3.8, 4) is 0 Å². The average Bonchev–Trinajstić information content (AvgIpc) is 2.89. The highest BCUT2D eigenvalue weighted by molar-refractivity contribution is 7.99. The second-order valence-electron chi connectivity index (χ2n) is 4.77. The molecule has 0 aliphatic heterocycles. The number of nitrogens with one attached hydrogen (secondary N) is 1. The number of carbonyl (C=O) groups excluding carboxylic acids is 1. The summed E-state index contributed by atoms with van der Waals surface area (Å²) in [4.78, 5) is 22.7. The summed E-state index contributed by atoms with van der Waals surface area (Å²) in [6, 6.07) is 11.6. The van der Waals surface area contributed by atoms with Crippen molar-refractivity contribution in [3.05, 3.63) is 47.6 Å². The summed E-state index contributed by atoms with van der Waals surface area (Å²) in [5.41, 5.74) is 0.829. The van der Waals surface area contributed by atoms with Gasteiger partial charge in [0.15, 0.2) is 0 Å². The van der Waals surface area contributed by atoms with Crippen LogP contribution in [-0.2, 0) is 4.79 Å². The number of aromatic nitrogens is 2. The number of para-hydroxylation sites is 1. The normalized spacial score (nSPS) is 10.8. The number of rotatable bonds is 5. The van der Waals surface area contributed by atoms with E-state index in [4.69, 9.17) is 0 Å². The number of hydrogen-bond acceptors (Lipinski definition) is 5. The van der Waals surface area contributed by atoms with Crippen LogP contribution in [0.4, 0.5) is 5.69 Å². The van der Waals surface area contributed by atoms with Gasteiger partial charge in [0, 0.05) is 28.1 Å². The van der Waals surface area contributed by atoms with E-state index < -0.39 is 0 Å². The van der Waals surface area contributed by atoms with Crippen molar-refractivity contribution in [1.29, 1.82) is 0 Å². The van der Waals surface area contributed by atoms with Gasteiger partial charge >= 0.3 is 0 Å². The highest BCUT2D eigenvalue weighted by Crippen LogP contribution is 2.30. The fourth-order valence-electron chi connectivity index (χ4n) is 2.05. The van der Waals surface area contributed by atoms with E-state index in [-0.39, 0.29) is 5.91 Å². The summed E-state index contributed by atoms with van der Waals surface area (Å²) in [7, 11) is 0. The molecule has 0 bridgehead atoms. The maximum atomic E-state index is 11.9. The number of aryl methyl sites for hydroxylation is 1. The molecule has 0 saturated carbocycles. The second-order valence-corrected chi connectivity index (χ2v) is 7.09.